The van der Waals surface area contributed by atoms with E-state index >= 15 is 0 Å². The minimum Gasteiger partial charge on any atom is -0.456 e. The molecule has 9 rings (SSSR count). The predicted molar refractivity (Wildman–Crippen MR) is 168 cm³/mol. The summed E-state index contributed by atoms with van der Waals surface area (Å²) in [6, 6.07) is 40.1. The van der Waals surface area contributed by atoms with E-state index in [0.717, 1.165) is 11.2 Å². The van der Waals surface area contributed by atoms with Crippen LogP contribution in [-0.2, 0) is 0 Å². The van der Waals surface area contributed by atoms with Crippen molar-refractivity contribution in [2.75, 3.05) is 0 Å². The van der Waals surface area contributed by atoms with Crippen molar-refractivity contribution >= 4 is 86.6 Å². The highest BCUT2D eigenvalue weighted by molar-refractivity contribution is 6.38. The molecule has 1 aromatic heterocycles. The van der Waals surface area contributed by atoms with Crippen LogP contribution in [0.5, 0.6) is 0 Å². The molecule has 182 valence electrons. The summed E-state index contributed by atoms with van der Waals surface area (Å²) in [5.41, 5.74) is 4.48. The fraction of sp³-hybridized carbons (Fsp3) is 0.0526. The molecule has 0 aliphatic rings. The molecule has 0 unspecified atom stereocenters. The maximum Gasteiger partial charge on any atom is 0.136 e. The number of fused-ring (bicyclic) bond motifs is 15. The molecule has 0 atom stereocenters. The molecule has 1 nitrogen and oxygen atoms in total. The second-order valence-corrected chi connectivity index (χ2v) is 11.0. The van der Waals surface area contributed by atoms with Crippen molar-refractivity contribution in [3.63, 3.8) is 0 Å². The van der Waals surface area contributed by atoms with Crippen LogP contribution in [0.2, 0.25) is 0 Å². The Morgan fingerprint density at radius 2 is 0.795 bits per heavy atom. The molecule has 0 N–H and O–H groups in total. The van der Waals surface area contributed by atoms with E-state index in [1.165, 1.54) is 86.5 Å². The third kappa shape index (κ3) is 2.69. The van der Waals surface area contributed by atoms with Gasteiger partial charge in [-0.2, -0.15) is 0 Å². The van der Waals surface area contributed by atoms with E-state index in [1.54, 1.807) is 0 Å². The minimum absolute atomic E-state index is 0.942. The Morgan fingerprint density at radius 1 is 0.359 bits per heavy atom. The van der Waals surface area contributed by atoms with Gasteiger partial charge in [-0.05, 0) is 91.0 Å². The highest BCUT2D eigenvalue weighted by Gasteiger charge is 2.20. The van der Waals surface area contributed by atoms with Crippen LogP contribution in [0.25, 0.3) is 86.6 Å². The van der Waals surface area contributed by atoms with Gasteiger partial charge in [0.15, 0.2) is 0 Å². The van der Waals surface area contributed by atoms with Crippen LogP contribution >= 0.6 is 0 Å². The summed E-state index contributed by atoms with van der Waals surface area (Å²) in [6.07, 6.45) is 0. The van der Waals surface area contributed by atoms with Crippen molar-refractivity contribution in [2.45, 2.75) is 13.8 Å². The SMILES string of the molecule is Cc1cc2ccc3oc4ccc5cc(C)c6ccc7ccccc7c6c5c4c3c2c2c1ccc1ccccc12. The topological polar surface area (TPSA) is 13.1 Å². The van der Waals surface area contributed by atoms with Crippen molar-refractivity contribution in [1.82, 2.24) is 0 Å². The predicted octanol–water partition coefficient (Wildman–Crippen LogP) is 11.1. The van der Waals surface area contributed by atoms with Gasteiger partial charge >= 0.3 is 0 Å². The first-order valence-electron chi connectivity index (χ1n) is 13.6. The van der Waals surface area contributed by atoms with Crippen LogP contribution in [0.4, 0.5) is 0 Å². The molecule has 0 bridgehead atoms. The largest absolute Gasteiger partial charge is 0.456 e. The zero-order valence-corrected chi connectivity index (χ0v) is 21.8. The quantitative estimate of drug-likeness (QED) is 0.190. The Hall–Kier alpha value is -4.88. The summed E-state index contributed by atoms with van der Waals surface area (Å²) in [4.78, 5) is 0. The van der Waals surface area contributed by atoms with Gasteiger partial charge in [0, 0.05) is 21.5 Å². The molecule has 0 saturated carbocycles. The van der Waals surface area contributed by atoms with Crippen LogP contribution in [-0.4, -0.2) is 0 Å². The molecule has 1 heteroatoms. The highest BCUT2D eigenvalue weighted by atomic mass is 16.3. The zero-order valence-electron chi connectivity index (χ0n) is 21.8. The minimum atomic E-state index is 0.942. The molecule has 0 spiro atoms. The number of hydrogen-bond donors (Lipinski definition) is 0. The highest BCUT2D eigenvalue weighted by Crippen LogP contribution is 2.46. The summed E-state index contributed by atoms with van der Waals surface area (Å²) in [5, 5.41) is 17.8. The Morgan fingerprint density at radius 3 is 1.28 bits per heavy atom. The molecule has 1 heterocycles. The maximum absolute atomic E-state index is 6.65. The molecule has 0 amide bonds. The average Bonchev–Trinajstić information content (AvgIpc) is 3.35. The lowest BCUT2D eigenvalue weighted by atomic mass is 9.88. The van der Waals surface area contributed by atoms with Gasteiger partial charge in [-0.15, -0.1) is 0 Å². The normalized spacial score (nSPS) is 12.4. The lowest BCUT2D eigenvalue weighted by Gasteiger charge is -2.14. The van der Waals surface area contributed by atoms with E-state index in [1.807, 2.05) is 0 Å². The first kappa shape index (κ1) is 21.1. The molecule has 8 aromatic carbocycles. The van der Waals surface area contributed by atoms with E-state index in [0.29, 0.717) is 0 Å². The van der Waals surface area contributed by atoms with Gasteiger partial charge in [0.25, 0.3) is 0 Å². The smallest absolute Gasteiger partial charge is 0.136 e. The fourth-order valence-corrected chi connectivity index (χ4v) is 7.12. The molecule has 0 saturated heterocycles. The first-order valence-corrected chi connectivity index (χ1v) is 13.6. The van der Waals surface area contributed by atoms with Crippen LogP contribution in [0, 0.1) is 13.8 Å². The van der Waals surface area contributed by atoms with Gasteiger partial charge in [0.2, 0.25) is 0 Å². The molecular weight excluding hydrogens is 472 g/mol. The summed E-state index contributed by atoms with van der Waals surface area (Å²) in [6.45, 7) is 4.46. The number of benzene rings is 8. The number of rotatable bonds is 0. The van der Waals surface area contributed by atoms with Gasteiger partial charge in [-0.3, -0.25) is 0 Å². The Balaban J connectivity index is 1.66. The maximum atomic E-state index is 6.65. The van der Waals surface area contributed by atoms with Gasteiger partial charge in [0.1, 0.15) is 11.2 Å². The van der Waals surface area contributed by atoms with Crippen LogP contribution in [0.3, 0.4) is 0 Å². The first-order chi connectivity index (χ1) is 19.2. The average molecular weight is 497 g/mol. The molecular formula is C38H24O. The van der Waals surface area contributed by atoms with Crippen molar-refractivity contribution in [1.29, 1.82) is 0 Å². The van der Waals surface area contributed by atoms with E-state index in [4.69, 9.17) is 4.42 Å². The third-order valence-corrected chi connectivity index (χ3v) is 8.82. The summed E-state index contributed by atoms with van der Waals surface area (Å²) in [5.74, 6) is 0. The van der Waals surface area contributed by atoms with E-state index in [-0.39, 0.29) is 0 Å². The third-order valence-electron chi connectivity index (χ3n) is 8.82. The van der Waals surface area contributed by atoms with Gasteiger partial charge in [0.05, 0.1) is 0 Å². The van der Waals surface area contributed by atoms with Gasteiger partial charge in [-0.1, -0.05) is 97.1 Å². The Labute approximate surface area is 224 Å². The lowest BCUT2D eigenvalue weighted by Crippen LogP contribution is -1.88. The van der Waals surface area contributed by atoms with Crippen molar-refractivity contribution < 1.29 is 4.42 Å². The van der Waals surface area contributed by atoms with Crippen LogP contribution < -0.4 is 0 Å². The Bertz CT molecular complexity index is 2330. The molecule has 9 aromatic rings. The number of hydrogen-bond acceptors (Lipinski definition) is 1. The fourth-order valence-electron chi connectivity index (χ4n) is 7.12. The van der Waals surface area contributed by atoms with Gasteiger partial charge in [-0.25, -0.2) is 0 Å². The standard InChI is InChI=1S/C38H24O/c1-21-19-25-13-17-31-37(33(25)35-27(21)15-11-23-7-3-5-9-29(23)35)38-32(39-31)18-14-26-20-22(2)28-16-12-24-8-4-6-10-30(24)36(28)34(26)38/h3-20H,1-2H3. The van der Waals surface area contributed by atoms with Crippen molar-refractivity contribution in [3.05, 3.63) is 120 Å². The molecule has 0 radical (unpaired) electrons. The zero-order chi connectivity index (χ0) is 25.8. The Kier molecular flexibility index (Phi) is 3.98. The summed E-state index contributed by atoms with van der Waals surface area (Å²) < 4.78 is 6.65. The lowest BCUT2D eigenvalue weighted by molar-refractivity contribution is 0.669. The second kappa shape index (κ2) is 7.36. The van der Waals surface area contributed by atoms with Gasteiger partial charge < -0.3 is 4.42 Å². The van der Waals surface area contributed by atoms with Crippen LogP contribution in [0.15, 0.2) is 114 Å². The van der Waals surface area contributed by atoms with Crippen LogP contribution in [0.1, 0.15) is 11.1 Å². The second-order valence-electron chi connectivity index (χ2n) is 11.0. The van der Waals surface area contributed by atoms with Crippen molar-refractivity contribution in [3.8, 4) is 0 Å². The number of furan rings is 1. The molecule has 39 heavy (non-hydrogen) atoms. The van der Waals surface area contributed by atoms with Crippen molar-refractivity contribution in [2.24, 2.45) is 0 Å². The van der Waals surface area contributed by atoms with E-state index in [9.17, 15) is 0 Å². The van der Waals surface area contributed by atoms with E-state index < -0.39 is 0 Å². The molecule has 0 aliphatic carbocycles. The number of aryl methyl sites for hydroxylation is 2. The monoisotopic (exact) mass is 496 g/mol. The van der Waals surface area contributed by atoms with E-state index in [2.05, 4.69) is 123 Å². The molecule has 0 fully saturated rings. The molecule has 0 aliphatic heterocycles. The summed E-state index contributed by atoms with van der Waals surface area (Å²) >= 11 is 0. The summed E-state index contributed by atoms with van der Waals surface area (Å²) in [7, 11) is 0.